The molecule has 3 heterocycles. The van der Waals surface area contributed by atoms with Crippen LogP contribution in [0, 0.1) is 16.7 Å². The molecule has 7 unspecified atom stereocenters. The van der Waals surface area contributed by atoms with E-state index in [4.69, 9.17) is 4.74 Å². The fraction of sp³-hybridized carbons (Fsp3) is 0.607. The van der Waals surface area contributed by atoms with Crippen molar-refractivity contribution in [2.24, 2.45) is 16.7 Å². The predicted molar refractivity (Wildman–Crippen MR) is 128 cm³/mol. The van der Waals surface area contributed by atoms with E-state index in [1.807, 2.05) is 31.4 Å². The largest absolute Gasteiger partial charge is 0.388 e. The number of aliphatic hydroxyl groups excluding tert-OH is 2. The molecule has 1 saturated heterocycles. The van der Waals surface area contributed by atoms with Crippen LogP contribution in [-0.2, 0) is 4.74 Å². The van der Waals surface area contributed by atoms with E-state index < -0.39 is 17.8 Å². The summed E-state index contributed by atoms with van der Waals surface area (Å²) in [4.78, 5) is 6.27. The van der Waals surface area contributed by atoms with Crippen LogP contribution in [0.3, 0.4) is 0 Å². The van der Waals surface area contributed by atoms with E-state index in [2.05, 4.69) is 56.1 Å². The van der Waals surface area contributed by atoms with Gasteiger partial charge in [-0.25, -0.2) is 0 Å². The Labute approximate surface area is 196 Å². The van der Waals surface area contributed by atoms with Crippen LogP contribution in [0.25, 0.3) is 5.57 Å². The van der Waals surface area contributed by atoms with E-state index in [1.165, 1.54) is 16.7 Å². The Morgan fingerprint density at radius 3 is 2.52 bits per heavy atom. The van der Waals surface area contributed by atoms with Crippen LogP contribution >= 0.6 is 0 Å². The Kier molecular flexibility index (Phi) is 4.38. The Bertz CT molecular complexity index is 1090. The summed E-state index contributed by atoms with van der Waals surface area (Å²) in [6, 6.07) is 4.13. The zero-order chi connectivity index (χ0) is 23.4. The number of fused-ring (bicyclic) bond motifs is 1. The normalized spacial score (nSPS) is 45.0. The number of nitrogens with zero attached hydrogens (tertiary/aromatic N) is 2. The molecule has 1 saturated carbocycles. The molecule has 7 atom stereocenters. The molecule has 2 fully saturated rings. The van der Waals surface area contributed by atoms with Gasteiger partial charge in [0.2, 0.25) is 0 Å². The molecule has 5 nitrogen and oxygen atoms in total. The lowest BCUT2D eigenvalue weighted by Crippen LogP contribution is -2.63. The summed E-state index contributed by atoms with van der Waals surface area (Å²) in [5, 5.41) is 22.1. The highest BCUT2D eigenvalue weighted by atomic mass is 16.5. The lowest BCUT2D eigenvalue weighted by Gasteiger charge is -2.60. The summed E-state index contributed by atoms with van der Waals surface area (Å²) in [7, 11) is 3.96. The lowest BCUT2D eigenvalue weighted by molar-refractivity contribution is -0.170. The van der Waals surface area contributed by atoms with Crippen LogP contribution in [0.2, 0.25) is 0 Å². The topological polar surface area (TPSA) is 65.8 Å². The van der Waals surface area contributed by atoms with Gasteiger partial charge in [-0.2, -0.15) is 0 Å². The summed E-state index contributed by atoms with van der Waals surface area (Å²) in [6.07, 6.45) is 12.7. The first kappa shape index (κ1) is 21.7. The van der Waals surface area contributed by atoms with Gasteiger partial charge in [0.05, 0.1) is 17.3 Å². The minimum absolute atomic E-state index is 0.0809. The van der Waals surface area contributed by atoms with E-state index in [0.717, 1.165) is 31.3 Å². The number of rotatable bonds is 2. The number of allylic oxidation sites excluding steroid dienone is 3. The van der Waals surface area contributed by atoms with Gasteiger partial charge in [0.15, 0.2) is 0 Å². The highest BCUT2D eigenvalue weighted by Gasteiger charge is 2.70. The maximum atomic E-state index is 11.2. The van der Waals surface area contributed by atoms with E-state index in [1.54, 1.807) is 0 Å². The van der Waals surface area contributed by atoms with Gasteiger partial charge >= 0.3 is 0 Å². The van der Waals surface area contributed by atoms with Gasteiger partial charge in [-0.15, -0.1) is 0 Å². The molecule has 2 spiro atoms. The molecule has 0 aromatic carbocycles. The van der Waals surface area contributed by atoms with Crippen molar-refractivity contribution in [1.82, 2.24) is 9.88 Å². The third-order valence-corrected chi connectivity index (χ3v) is 10.1. The number of aromatic nitrogens is 1. The maximum Gasteiger partial charge on any atom is 0.105 e. The third-order valence-electron chi connectivity index (χ3n) is 10.1. The molecule has 1 aromatic heterocycles. The summed E-state index contributed by atoms with van der Waals surface area (Å²) < 4.78 is 7.26. The monoisotopic (exact) mass is 448 g/mol. The van der Waals surface area contributed by atoms with Gasteiger partial charge in [-0.3, -0.25) is 4.98 Å². The standard InChI is InChI=1S/C28H36N2O3/c1-25(2)15-18-14-20-23(31)24(32)21(30(4)5)16-27(20)10-11-28(18,33-27)22-7-6-19(26(22,25)3)17-8-12-29-13-9-17/h6,8-9,12-15,21-24,31-32H,7,10-11,16H2,1-5H3. The van der Waals surface area contributed by atoms with Crippen molar-refractivity contribution >= 4 is 5.57 Å². The van der Waals surface area contributed by atoms with E-state index in [9.17, 15) is 10.2 Å². The van der Waals surface area contributed by atoms with Gasteiger partial charge in [0.1, 0.15) is 6.10 Å². The molecule has 33 heavy (non-hydrogen) atoms. The minimum atomic E-state index is -0.895. The van der Waals surface area contributed by atoms with Gasteiger partial charge in [-0.1, -0.05) is 39.0 Å². The minimum Gasteiger partial charge on any atom is -0.388 e. The molecule has 2 aliphatic heterocycles. The third kappa shape index (κ3) is 2.54. The van der Waals surface area contributed by atoms with Crippen LogP contribution in [0.5, 0.6) is 0 Å². The fourth-order valence-electron chi connectivity index (χ4n) is 8.05. The first-order valence-electron chi connectivity index (χ1n) is 12.3. The SMILES string of the molecule is CN(C)C1CC23CCC4(O2)C(=CC(C)(C)C2(C)C(c5ccncc5)=CCC42)C=C3C(O)C1O. The first-order chi connectivity index (χ1) is 15.6. The second-order valence-corrected chi connectivity index (χ2v) is 11.9. The number of pyridine rings is 1. The van der Waals surface area contributed by atoms with Crippen LogP contribution in [0.4, 0.5) is 0 Å². The number of hydrogen-bond donors (Lipinski definition) is 2. The first-order valence-corrected chi connectivity index (χ1v) is 12.3. The van der Waals surface area contributed by atoms with Crippen LogP contribution < -0.4 is 0 Å². The van der Waals surface area contributed by atoms with Gasteiger partial charge in [0, 0.05) is 29.8 Å². The number of hydrogen-bond acceptors (Lipinski definition) is 5. The Hall–Kier alpha value is -1.79. The smallest absolute Gasteiger partial charge is 0.105 e. The summed E-state index contributed by atoms with van der Waals surface area (Å²) in [6.45, 7) is 7.10. The average molecular weight is 449 g/mol. The van der Waals surface area contributed by atoms with Crippen molar-refractivity contribution in [3.8, 4) is 0 Å². The van der Waals surface area contributed by atoms with Crippen molar-refractivity contribution < 1.29 is 14.9 Å². The number of aliphatic hydroxyl groups is 2. The van der Waals surface area contributed by atoms with Crippen molar-refractivity contribution in [2.45, 2.75) is 75.9 Å². The fourth-order valence-corrected chi connectivity index (χ4v) is 8.05. The molecule has 0 radical (unpaired) electrons. The van der Waals surface area contributed by atoms with E-state index >= 15 is 0 Å². The molecule has 5 heteroatoms. The summed E-state index contributed by atoms with van der Waals surface area (Å²) in [5.74, 6) is 0.321. The van der Waals surface area contributed by atoms with E-state index in [0.29, 0.717) is 5.92 Å². The molecule has 5 aliphatic rings. The average Bonchev–Trinajstić information content (AvgIpc) is 3.30. The molecular formula is C28H36N2O3. The van der Waals surface area contributed by atoms with Crippen LogP contribution in [0.15, 0.2) is 53.9 Å². The van der Waals surface area contributed by atoms with Gasteiger partial charge in [-0.05, 0) is 79.6 Å². The molecule has 3 aliphatic carbocycles. The van der Waals surface area contributed by atoms with Crippen LogP contribution in [0.1, 0.15) is 52.0 Å². The predicted octanol–water partition coefficient (Wildman–Crippen LogP) is 3.74. The number of ether oxygens (including phenoxy) is 1. The zero-order valence-electron chi connectivity index (χ0n) is 20.4. The molecule has 0 amide bonds. The maximum absolute atomic E-state index is 11.2. The van der Waals surface area contributed by atoms with Crippen LogP contribution in [-0.4, -0.2) is 63.6 Å². The molecule has 1 aromatic rings. The van der Waals surface area contributed by atoms with Gasteiger partial charge in [0.25, 0.3) is 0 Å². The van der Waals surface area contributed by atoms with Crippen molar-refractivity contribution in [3.63, 3.8) is 0 Å². The Balaban J connectivity index is 1.50. The Morgan fingerprint density at radius 1 is 1.09 bits per heavy atom. The lowest BCUT2D eigenvalue weighted by atomic mass is 9.49. The molecule has 2 N–H and O–H groups in total. The van der Waals surface area contributed by atoms with E-state index in [-0.39, 0.29) is 22.5 Å². The van der Waals surface area contributed by atoms with Crippen molar-refractivity contribution in [1.29, 1.82) is 0 Å². The second kappa shape index (κ2) is 6.66. The summed E-state index contributed by atoms with van der Waals surface area (Å²) in [5.41, 5.74) is 3.71. The molecule has 176 valence electrons. The molecule has 6 rings (SSSR count). The summed E-state index contributed by atoms with van der Waals surface area (Å²) >= 11 is 0. The van der Waals surface area contributed by atoms with Crippen molar-refractivity contribution in [2.75, 3.05) is 14.1 Å². The molecule has 2 bridgehead atoms. The van der Waals surface area contributed by atoms with Gasteiger partial charge < -0.3 is 19.8 Å². The Morgan fingerprint density at radius 2 is 1.82 bits per heavy atom. The number of likely N-dealkylation sites (N-methyl/N-ethyl adjacent to an activating group) is 1. The highest BCUT2D eigenvalue weighted by molar-refractivity contribution is 5.75. The zero-order valence-corrected chi connectivity index (χ0v) is 20.4. The quantitative estimate of drug-likeness (QED) is 0.722. The molecular weight excluding hydrogens is 412 g/mol. The second-order valence-electron chi connectivity index (χ2n) is 11.9. The van der Waals surface area contributed by atoms with Crippen molar-refractivity contribution in [3.05, 3.63) is 59.5 Å². The highest BCUT2D eigenvalue weighted by Crippen LogP contribution is 2.71.